The van der Waals surface area contributed by atoms with Gasteiger partial charge in [-0.2, -0.15) is 0 Å². The van der Waals surface area contributed by atoms with Crippen molar-refractivity contribution in [3.05, 3.63) is 101 Å². The Labute approximate surface area is 209 Å². The van der Waals surface area contributed by atoms with E-state index in [1.165, 1.54) is 0 Å². The van der Waals surface area contributed by atoms with Crippen molar-refractivity contribution in [2.75, 3.05) is 6.54 Å². The van der Waals surface area contributed by atoms with Crippen LogP contribution in [0.3, 0.4) is 0 Å². The number of sulfonamides is 1. The second-order valence-electron chi connectivity index (χ2n) is 9.43. The molecule has 3 aromatic carbocycles. The van der Waals surface area contributed by atoms with Crippen molar-refractivity contribution in [3.63, 3.8) is 0 Å². The van der Waals surface area contributed by atoms with Gasteiger partial charge < -0.3 is 15.3 Å². The highest BCUT2D eigenvalue weighted by Crippen LogP contribution is 2.41. The van der Waals surface area contributed by atoms with Crippen LogP contribution in [0.15, 0.2) is 77.8 Å². The van der Waals surface area contributed by atoms with E-state index >= 15 is 0 Å². The highest BCUT2D eigenvalue weighted by molar-refractivity contribution is 7.89. The molecule has 5 aromatic rings. The summed E-state index contributed by atoms with van der Waals surface area (Å²) >= 11 is 0. The monoisotopic (exact) mass is 498 g/mol. The van der Waals surface area contributed by atoms with Gasteiger partial charge in [0.15, 0.2) is 0 Å². The number of aryl methyl sites for hydroxylation is 2. The van der Waals surface area contributed by atoms with Gasteiger partial charge in [-0.25, -0.2) is 13.1 Å². The normalized spacial score (nSPS) is 18.2. The van der Waals surface area contributed by atoms with Crippen LogP contribution in [0.4, 0.5) is 0 Å². The molecule has 0 radical (unpaired) electrons. The lowest BCUT2D eigenvalue weighted by atomic mass is 9.84. The Bertz CT molecular complexity index is 1730. The summed E-state index contributed by atoms with van der Waals surface area (Å²) < 4.78 is 30.0. The number of nitrogens with one attached hydrogen (secondary N) is 4. The first-order valence-corrected chi connectivity index (χ1v) is 13.4. The van der Waals surface area contributed by atoms with E-state index in [0.29, 0.717) is 5.69 Å². The zero-order valence-electron chi connectivity index (χ0n) is 19.9. The number of amides is 1. The molecule has 182 valence electrons. The Kier molecular flexibility index (Phi) is 5.24. The van der Waals surface area contributed by atoms with Crippen molar-refractivity contribution in [1.29, 1.82) is 0 Å². The lowest BCUT2D eigenvalue weighted by Gasteiger charge is -2.27. The number of aromatic nitrogens is 2. The molecule has 6 rings (SSSR count). The minimum Gasteiger partial charge on any atom is -0.361 e. The molecule has 2 aromatic heterocycles. The van der Waals surface area contributed by atoms with Crippen molar-refractivity contribution in [3.8, 4) is 0 Å². The zero-order valence-corrected chi connectivity index (χ0v) is 20.7. The molecule has 2 atom stereocenters. The molecule has 1 amide bonds. The molecular weight excluding hydrogens is 472 g/mol. The van der Waals surface area contributed by atoms with Gasteiger partial charge in [-0.1, -0.05) is 54.1 Å². The Morgan fingerprint density at radius 2 is 1.67 bits per heavy atom. The molecule has 0 saturated heterocycles. The molecular formula is C28H26N4O3S. The first-order chi connectivity index (χ1) is 17.3. The van der Waals surface area contributed by atoms with Crippen molar-refractivity contribution in [1.82, 2.24) is 20.0 Å². The Morgan fingerprint density at radius 3 is 2.47 bits per heavy atom. The Morgan fingerprint density at radius 1 is 0.917 bits per heavy atom. The molecule has 0 saturated carbocycles. The molecule has 0 unspecified atom stereocenters. The van der Waals surface area contributed by atoms with Crippen LogP contribution in [0, 0.1) is 13.8 Å². The highest BCUT2D eigenvalue weighted by Gasteiger charge is 2.38. The number of hydrogen-bond acceptors (Lipinski definition) is 3. The van der Waals surface area contributed by atoms with Crippen LogP contribution >= 0.6 is 0 Å². The van der Waals surface area contributed by atoms with Crippen LogP contribution in [0.5, 0.6) is 0 Å². The maximum absolute atomic E-state index is 13.5. The lowest BCUT2D eigenvalue weighted by molar-refractivity contribution is 0.0950. The zero-order chi connectivity index (χ0) is 25.0. The van der Waals surface area contributed by atoms with Gasteiger partial charge in [0.1, 0.15) is 5.69 Å². The standard InChI is InChI=1S/C28H26N4O3S/c1-16-10-12-18(13-11-16)36(34,35)32-23-15-30-28(33)27-25(20-7-3-4-9-22(20)31-27)24(23)21-14-29-26-17(2)6-5-8-19(21)26/h3-14,23-24,29,31-32H,15H2,1-2H3,(H,30,33)/t23-,24+/m1/s1. The molecule has 1 aliphatic heterocycles. The fourth-order valence-corrected chi connectivity index (χ4v) is 6.58. The average Bonchev–Trinajstić information content (AvgIpc) is 3.43. The number of para-hydroxylation sites is 2. The maximum atomic E-state index is 13.5. The van der Waals surface area contributed by atoms with Crippen molar-refractivity contribution >= 4 is 37.7 Å². The van der Waals surface area contributed by atoms with E-state index in [-0.39, 0.29) is 17.3 Å². The number of hydrogen-bond donors (Lipinski definition) is 4. The third-order valence-corrected chi connectivity index (χ3v) is 8.60. The molecule has 3 heterocycles. The van der Waals surface area contributed by atoms with Gasteiger partial charge in [0.25, 0.3) is 5.91 Å². The summed E-state index contributed by atoms with van der Waals surface area (Å²) in [5.74, 6) is -0.676. The number of H-pyrrole nitrogens is 2. The SMILES string of the molecule is Cc1ccc(S(=O)(=O)N[C@@H]2CNC(=O)c3[nH]c4ccccc4c3[C@H]2c2c[nH]c3c(C)cccc23)cc1. The van der Waals surface area contributed by atoms with Crippen molar-refractivity contribution in [2.45, 2.75) is 30.7 Å². The molecule has 36 heavy (non-hydrogen) atoms. The Hall–Kier alpha value is -3.88. The van der Waals surface area contributed by atoms with Crippen molar-refractivity contribution in [2.24, 2.45) is 0 Å². The smallest absolute Gasteiger partial charge is 0.268 e. The predicted octanol–water partition coefficient (Wildman–Crippen LogP) is 4.49. The number of aromatic amines is 2. The number of benzene rings is 3. The van der Waals surface area contributed by atoms with Gasteiger partial charge in [0.2, 0.25) is 10.0 Å². The molecule has 4 N–H and O–H groups in total. The number of carbonyl (C=O) groups excluding carboxylic acids is 1. The average molecular weight is 499 g/mol. The number of fused-ring (bicyclic) bond motifs is 4. The van der Waals surface area contributed by atoms with Crippen LogP contribution in [0.25, 0.3) is 21.8 Å². The molecule has 7 nitrogen and oxygen atoms in total. The molecule has 0 aliphatic carbocycles. The van der Waals surface area contributed by atoms with Crippen LogP contribution < -0.4 is 10.0 Å². The highest BCUT2D eigenvalue weighted by atomic mass is 32.2. The van der Waals surface area contributed by atoms with E-state index in [1.54, 1.807) is 24.3 Å². The van der Waals surface area contributed by atoms with Gasteiger partial charge in [0.05, 0.1) is 10.9 Å². The summed E-state index contributed by atoms with van der Waals surface area (Å²) in [4.78, 5) is 20.1. The minimum absolute atomic E-state index is 0.143. The van der Waals surface area contributed by atoms with Gasteiger partial charge in [-0.3, -0.25) is 4.79 Å². The number of carbonyl (C=O) groups is 1. The van der Waals surface area contributed by atoms with Crippen LogP contribution in [-0.4, -0.2) is 36.9 Å². The maximum Gasteiger partial charge on any atom is 0.268 e. The summed E-state index contributed by atoms with van der Waals surface area (Å²) in [6, 6.07) is 20.0. The summed E-state index contributed by atoms with van der Waals surface area (Å²) in [6.07, 6.45) is 1.94. The molecule has 0 fully saturated rings. The van der Waals surface area contributed by atoms with Gasteiger partial charge >= 0.3 is 0 Å². The summed E-state index contributed by atoms with van der Waals surface area (Å²) in [6.45, 7) is 4.09. The number of rotatable bonds is 4. The van der Waals surface area contributed by atoms with Crippen LogP contribution in [0.2, 0.25) is 0 Å². The van der Waals surface area contributed by atoms with Gasteiger partial charge in [-0.05, 0) is 48.7 Å². The van der Waals surface area contributed by atoms with E-state index in [2.05, 4.69) is 20.0 Å². The fraction of sp³-hybridized carbons (Fsp3) is 0.179. The van der Waals surface area contributed by atoms with E-state index in [9.17, 15) is 13.2 Å². The van der Waals surface area contributed by atoms with E-state index in [0.717, 1.165) is 44.1 Å². The molecule has 1 aliphatic rings. The molecule has 0 bridgehead atoms. The van der Waals surface area contributed by atoms with E-state index < -0.39 is 22.0 Å². The first-order valence-electron chi connectivity index (χ1n) is 11.9. The molecule has 0 spiro atoms. The van der Waals surface area contributed by atoms with Gasteiger partial charge in [0, 0.05) is 40.5 Å². The van der Waals surface area contributed by atoms with Gasteiger partial charge in [-0.15, -0.1) is 0 Å². The summed E-state index contributed by atoms with van der Waals surface area (Å²) in [5.41, 5.74) is 6.09. The van der Waals surface area contributed by atoms with E-state index in [1.807, 2.05) is 62.5 Å². The largest absolute Gasteiger partial charge is 0.361 e. The quantitative estimate of drug-likeness (QED) is 0.293. The van der Waals surface area contributed by atoms with Crippen molar-refractivity contribution < 1.29 is 13.2 Å². The van der Waals surface area contributed by atoms with Crippen LogP contribution in [-0.2, 0) is 10.0 Å². The first kappa shape index (κ1) is 22.6. The third-order valence-electron chi connectivity index (χ3n) is 7.10. The van der Waals surface area contributed by atoms with Crippen LogP contribution in [0.1, 0.15) is 38.7 Å². The summed E-state index contributed by atoms with van der Waals surface area (Å²) in [7, 11) is -3.86. The summed E-state index contributed by atoms with van der Waals surface area (Å²) in [5, 5.41) is 4.84. The fourth-order valence-electron chi connectivity index (χ4n) is 5.33. The third kappa shape index (κ3) is 3.61. The Balaban J connectivity index is 1.58. The second kappa shape index (κ2) is 8.36. The lowest BCUT2D eigenvalue weighted by Crippen LogP contribution is -2.45. The second-order valence-corrected chi connectivity index (χ2v) is 11.1. The molecule has 8 heteroatoms. The predicted molar refractivity (Wildman–Crippen MR) is 141 cm³/mol. The topological polar surface area (TPSA) is 107 Å². The van der Waals surface area contributed by atoms with E-state index in [4.69, 9.17) is 0 Å². The minimum atomic E-state index is -3.86.